The smallest absolute Gasteiger partial charge is 0.408 e. The second-order valence-electron chi connectivity index (χ2n) is 4.96. The molecule has 0 aromatic heterocycles. The molecule has 22 heavy (non-hydrogen) atoms. The molecule has 0 fully saturated rings. The van der Waals surface area contributed by atoms with Gasteiger partial charge in [-0.05, 0) is 36.6 Å². The number of aryl methyl sites for hydroxylation is 1. The molecule has 0 heterocycles. The highest BCUT2D eigenvalue weighted by Crippen LogP contribution is 2.10. The number of alkyl carbamates (subject to hydrolysis) is 1. The average molecular weight is 293 g/mol. The molecule has 3 heteroatoms. The van der Waals surface area contributed by atoms with Crippen molar-refractivity contribution in [2.45, 2.75) is 20.5 Å². The van der Waals surface area contributed by atoms with Crippen LogP contribution >= 0.6 is 0 Å². The number of ether oxygens (including phenoxy) is 1. The summed E-state index contributed by atoms with van der Waals surface area (Å²) in [5, 5.41) is 2.62. The highest BCUT2D eigenvalue weighted by atomic mass is 16.5. The van der Waals surface area contributed by atoms with Crippen LogP contribution in [-0.4, -0.2) is 12.6 Å². The van der Waals surface area contributed by atoms with Crippen LogP contribution < -0.4 is 5.32 Å². The van der Waals surface area contributed by atoms with Gasteiger partial charge in [0.2, 0.25) is 0 Å². The normalized spacial score (nSPS) is 9.55. The summed E-state index contributed by atoms with van der Waals surface area (Å²) in [5.74, 6) is 6.00. The molecule has 112 valence electrons. The average Bonchev–Trinajstić information content (AvgIpc) is 2.54. The summed E-state index contributed by atoms with van der Waals surface area (Å²) in [6.07, 6.45) is -0.459. The minimum absolute atomic E-state index is 0.261. The van der Waals surface area contributed by atoms with Gasteiger partial charge in [-0.15, -0.1) is 0 Å². The van der Waals surface area contributed by atoms with Gasteiger partial charge in [-0.1, -0.05) is 54.3 Å². The van der Waals surface area contributed by atoms with Gasteiger partial charge in [0.1, 0.15) is 6.61 Å². The molecule has 0 saturated carbocycles. The van der Waals surface area contributed by atoms with Crippen LogP contribution in [-0.2, 0) is 11.3 Å². The summed E-state index contributed by atoms with van der Waals surface area (Å²) in [7, 11) is 0. The first-order valence-electron chi connectivity index (χ1n) is 7.16. The molecule has 0 aliphatic rings. The summed E-state index contributed by atoms with van der Waals surface area (Å²) in [6, 6.07) is 15.6. The molecular weight excluding hydrogens is 274 g/mol. The first-order valence-corrected chi connectivity index (χ1v) is 7.16. The van der Waals surface area contributed by atoms with E-state index in [1.54, 1.807) is 0 Å². The number of carbonyl (C=O) groups is 1. The molecule has 3 nitrogen and oxygen atoms in total. The van der Waals surface area contributed by atoms with Crippen molar-refractivity contribution in [3.05, 3.63) is 70.8 Å². The molecule has 0 spiro atoms. The second-order valence-corrected chi connectivity index (χ2v) is 4.96. The zero-order valence-corrected chi connectivity index (χ0v) is 12.8. The van der Waals surface area contributed by atoms with Crippen molar-refractivity contribution in [1.29, 1.82) is 0 Å². The monoisotopic (exact) mass is 293 g/mol. The maximum Gasteiger partial charge on any atom is 0.408 e. The van der Waals surface area contributed by atoms with E-state index in [9.17, 15) is 4.79 Å². The summed E-state index contributed by atoms with van der Waals surface area (Å²) in [4.78, 5) is 11.5. The predicted octanol–water partition coefficient (Wildman–Crippen LogP) is 3.58. The van der Waals surface area contributed by atoms with Gasteiger partial charge in [-0.25, -0.2) is 4.79 Å². The quantitative estimate of drug-likeness (QED) is 0.878. The lowest BCUT2D eigenvalue weighted by Crippen LogP contribution is -2.24. The van der Waals surface area contributed by atoms with Gasteiger partial charge in [0, 0.05) is 5.56 Å². The largest absolute Gasteiger partial charge is 0.445 e. The molecule has 0 bridgehead atoms. The van der Waals surface area contributed by atoms with Gasteiger partial charge in [0.15, 0.2) is 0 Å². The minimum Gasteiger partial charge on any atom is -0.445 e. The first-order chi connectivity index (χ1) is 10.7. The van der Waals surface area contributed by atoms with Crippen LogP contribution in [0.3, 0.4) is 0 Å². The summed E-state index contributed by atoms with van der Waals surface area (Å²) < 4.78 is 5.11. The number of hydrogen-bond donors (Lipinski definition) is 1. The van der Waals surface area contributed by atoms with Gasteiger partial charge in [-0.2, -0.15) is 0 Å². The van der Waals surface area contributed by atoms with Gasteiger partial charge in [-0.3, -0.25) is 0 Å². The van der Waals surface area contributed by atoms with Gasteiger partial charge in [0.05, 0.1) is 6.54 Å². The van der Waals surface area contributed by atoms with E-state index in [0.29, 0.717) is 0 Å². The lowest BCUT2D eigenvalue weighted by Gasteiger charge is -2.04. The van der Waals surface area contributed by atoms with Crippen molar-refractivity contribution in [2.75, 3.05) is 6.54 Å². The van der Waals surface area contributed by atoms with Crippen molar-refractivity contribution in [3.63, 3.8) is 0 Å². The number of hydrogen-bond acceptors (Lipinski definition) is 2. The zero-order chi connectivity index (χ0) is 15.8. The Balaban J connectivity index is 1.78. The molecule has 2 aromatic rings. The van der Waals surface area contributed by atoms with Crippen LogP contribution in [0.1, 0.15) is 22.3 Å². The van der Waals surface area contributed by atoms with E-state index in [0.717, 1.165) is 11.1 Å². The van der Waals surface area contributed by atoms with Gasteiger partial charge < -0.3 is 10.1 Å². The van der Waals surface area contributed by atoms with E-state index >= 15 is 0 Å². The molecule has 0 unspecified atom stereocenters. The third-order valence-electron chi connectivity index (χ3n) is 3.36. The van der Waals surface area contributed by atoms with Crippen molar-refractivity contribution in [3.8, 4) is 11.8 Å². The van der Waals surface area contributed by atoms with E-state index in [1.807, 2.05) is 49.4 Å². The molecule has 0 radical (unpaired) electrons. The van der Waals surface area contributed by atoms with Gasteiger partial charge in [0.25, 0.3) is 0 Å². The first kappa shape index (κ1) is 15.7. The molecule has 0 aliphatic heterocycles. The third-order valence-corrected chi connectivity index (χ3v) is 3.36. The maximum absolute atomic E-state index is 11.5. The van der Waals surface area contributed by atoms with Crippen LogP contribution in [0.4, 0.5) is 4.79 Å². The zero-order valence-electron chi connectivity index (χ0n) is 12.8. The number of rotatable bonds is 3. The molecule has 2 rings (SSSR count). The second kappa shape index (κ2) is 7.90. The fourth-order valence-corrected chi connectivity index (χ4v) is 1.92. The van der Waals surface area contributed by atoms with E-state index in [-0.39, 0.29) is 13.2 Å². The Hall–Kier alpha value is -2.73. The van der Waals surface area contributed by atoms with Crippen molar-refractivity contribution < 1.29 is 9.53 Å². The highest BCUT2D eigenvalue weighted by Gasteiger charge is 2.00. The fraction of sp³-hybridized carbons (Fsp3) is 0.211. The third kappa shape index (κ3) is 4.68. The number of amides is 1. The van der Waals surface area contributed by atoms with E-state index in [1.165, 1.54) is 11.1 Å². The standard InChI is InChI=1S/C19H19NO2/c1-15-8-6-11-18(16(15)2)12-7-13-20-19(21)22-14-17-9-4-3-5-10-17/h3-6,8-11H,13-14H2,1-2H3,(H,20,21). The van der Waals surface area contributed by atoms with Crippen molar-refractivity contribution in [1.82, 2.24) is 5.32 Å². The van der Waals surface area contributed by atoms with Crippen LogP contribution in [0.5, 0.6) is 0 Å². The fourth-order valence-electron chi connectivity index (χ4n) is 1.92. The number of nitrogens with one attached hydrogen (secondary N) is 1. The van der Waals surface area contributed by atoms with Crippen LogP contribution in [0.15, 0.2) is 48.5 Å². The Morgan fingerprint density at radius 1 is 1.09 bits per heavy atom. The van der Waals surface area contributed by atoms with E-state index in [4.69, 9.17) is 4.74 Å². The van der Waals surface area contributed by atoms with Crippen LogP contribution in [0, 0.1) is 25.7 Å². The van der Waals surface area contributed by atoms with Crippen molar-refractivity contribution in [2.24, 2.45) is 0 Å². The molecule has 0 aliphatic carbocycles. The Morgan fingerprint density at radius 2 is 1.86 bits per heavy atom. The highest BCUT2D eigenvalue weighted by molar-refractivity contribution is 5.67. The minimum atomic E-state index is -0.459. The Bertz CT molecular complexity index is 696. The molecule has 1 amide bonds. The summed E-state index contributed by atoms with van der Waals surface area (Å²) in [5.41, 5.74) is 4.32. The molecule has 1 N–H and O–H groups in total. The molecule has 0 atom stereocenters. The van der Waals surface area contributed by atoms with Crippen LogP contribution in [0.2, 0.25) is 0 Å². The van der Waals surface area contributed by atoms with Gasteiger partial charge >= 0.3 is 6.09 Å². The molecule has 0 saturated heterocycles. The van der Waals surface area contributed by atoms with Crippen LogP contribution in [0.25, 0.3) is 0 Å². The van der Waals surface area contributed by atoms with Crippen molar-refractivity contribution >= 4 is 6.09 Å². The molecule has 2 aromatic carbocycles. The lowest BCUT2D eigenvalue weighted by atomic mass is 10.0. The Kier molecular flexibility index (Phi) is 5.62. The predicted molar refractivity (Wildman–Crippen MR) is 87.4 cm³/mol. The topological polar surface area (TPSA) is 38.3 Å². The summed E-state index contributed by atoms with van der Waals surface area (Å²) in [6.45, 7) is 4.62. The Morgan fingerprint density at radius 3 is 2.64 bits per heavy atom. The number of benzene rings is 2. The van der Waals surface area contributed by atoms with E-state index < -0.39 is 6.09 Å². The Labute approximate surface area is 131 Å². The van der Waals surface area contributed by atoms with E-state index in [2.05, 4.69) is 30.1 Å². The molecular formula is C19H19NO2. The lowest BCUT2D eigenvalue weighted by molar-refractivity contribution is 0.141. The summed E-state index contributed by atoms with van der Waals surface area (Å²) >= 11 is 0. The maximum atomic E-state index is 11.5. The SMILES string of the molecule is Cc1cccc(C#CCNC(=O)OCc2ccccc2)c1C. The number of carbonyl (C=O) groups excluding carboxylic acids is 1.